The van der Waals surface area contributed by atoms with Crippen molar-refractivity contribution in [2.75, 3.05) is 26.2 Å². The fourth-order valence-corrected chi connectivity index (χ4v) is 3.48. The Morgan fingerprint density at radius 1 is 1.43 bits per heavy atom. The molecule has 1 aromatic carbocycles. The molecule has 0 aromatic heterocycles. The second-order valence-corrected chi connectivity index (χ2v) is 6.13. The number of carbonyl (C=O) groups excluding carboxylic acids is 1. The lowest BCUT2D eigenvalue weighted by molar-refractivity contribution is -0.135. The predicted molar refractivity (Wildman–Crippen MR) is 82.4 cm³/mol. The van der Waals surface area contributed by atoms with Crippen molar-refractivity contribution in [3.8, 4) is 5.75 Å². The van der Waals surface area contributed by atoms with Crippen LogP contribution in [0.5, 0.6) is 5.75 Å². The highest BCUT2D eigenvalue weighted by atomic mass is 16.5. The van der Waals surface area contributed by atoms with Crippen molar-refractivity contribution in [2.45, 2.75) is 32.2 Å². The molecule has 0 saturated carbocycles. The summed E-state index contributed by atoms with van der Waals surface area (Å²) in [5.74, 6) is 1.74. The minimum absolute atomic E-state index is 0.237. The Hall–Kier alpha value is -1.55. The summed E-state index contributed by atoms with van der Waals surface area (Å²) >= 11 is 0. The SMILES string of the molecule is Cc1cccc(OCCC(=O)N2CCCC3CNCC32)c1. The van der Waals surface area contributed by atoms with Crippen LogP contribution in [0.15, 0.2) is 24.3 Å². The van der Waals surface area contributed by atoms with Crippen molar-refractivity contribution >= 4 is 5.91 Å². The minimum Gasteiger partial charge on any atom is -0.493 e. The molecule has 2 saturated heterocycles. The van der Waals surface area contributed by atoms with Gasteiger partial charge in [0.2, 0.25) is 5.91 Å². The molecule has 0 bridgehead atoms. The number of nitrogens with zero attached hydrogens (tertiary/aromatic N) is 1. The van der Waals surface area contributed by atoms with Gasteiger partial charge in [0.1, 0.15) is 5.75 Å². The average molecular weight is 288 g/mol. The molecule has 114 valence electrons. The number of fused-ring (bicyclic) bond motifs is 1. The Kier molecular flexibility index (Phi) is 4.44. The third kappa shape index (κ3) is 3.38. The molecule has 4 nitrogen and oxygen atoms in total. The second kappa shape index (κ2) is 6.48. The van der Waals surface area contributed by atoms with Gasteiger partial charge in [-0.25, -0.2) is 0 Å². The van der Waals surface area contributed by atoms with Gasteiger partial charge in [-0.1, -0.05) is 12.1 Å². The van der Waals surface area contributed by atoms with E-state index in [1.54, 1.807) is 0 Å². The molecule has 0 spiro atoms. The molecule has 2 fully saturated rings. The number of carbonyl (C=O) groups is 1. The molecule has 21 heavy (non-hydrogen) atoms. The molecule has 1 amide bonds. The van der Waals surface area contributed by atoms with Crippen molar-refractivity contribution in [3.05, 3.63) is 29.8 Å². The summed E-state index contributed by atoms with van der Waals surface area (Å²) in [7, 11) is 0. The van der Waals surface area contributed by atoms with Crippen LogP contribution in [-0.2, 0) is 4.79 Å². The zero-order chi connectivity index (χ0) is 14.7. The van der Waals surface area contributed by atoms with Gasteiger partial charge in [-0.2, -0.15) is 0 Å². The highest BCUT2D eigenvalue weighted by Crippen LogP contribution is 2.26. The fourth-order valence-electron chi connectivity index (χ4n) is 3.48. The monoisotopic (exact) mass is 288 g/mol. The van der Waals surface area contributed by atoms with E-state index in [2.05, 4.69) is 10.2 Å². The number of rotatable bonds is 4. The van der Waals surface area contributed by atoms with Crippen molar-refractivity contribution in [3.63, 3.8) is 0 Å². The van der Waals surface area contributed by atoms with E-state index in [0.717, 1.165) is 31.8 Å². The van der Waals surface area contributed by atoms with Gasteiger partial charge in [0.25, 0.3) is 0 Å². The van der Waals surface area contributed by atoms with E-state index >= 15 is 0 Å². The summed E-state index contributed by atoms with van der Waals surface area (Å²) in [4.78, 5) is 14.5. The van der Waals surface area contributed by atoms with Crippen molar-refractivity contribution in [1.29, 1.82) is 0 Å². The topological polar surface area (TPSA) is 41.6 Å². The molecular weight excluding hydrogens is 264 g/mol. The Morgan fingerprint density at radius 3 is 3.19 bits per heavy atom. The van der Waals surface area contributed by atoms with Gasteiger partial charge in [0.15, 0.2) is 0 Å². The minimum atomic E-state index is 0.237. The number of ether oxygens (including phenoxy) is 1. The third-order valence-corrected chi connectivity index (χ3v) is 4.57. The Morgan fingerprint density at radius 2 is 2.33 bits per heavy atom. The maximum Gasteiger partial charge on any atom is 0.226 e. The summed E-state index contributed by atoms with van der Waals surface area (Å²) in [6.45, 7) is 5.43. The number of amides is 1. The van der Waals surface area contributed by atoms with E-state index in [0.29, 0.717) is 25.0 Å². The standard InChI is InChI=1S/C17H24N2O2/c1-13-4-2-6-15(10-13)21-9-7-17(20)19-8-3-5-14-11-18-12-16(14)19/h2,4,6,10,14,16,18H,3,5,7-9,11-12H2,1H3. The zero-order valence-electron chi connectivity index (χ0n) is 12.7. The molecule has 2 aliphatic rings. The first-order valence-corrected chi connectivity index (χ1v) is 7.94. The number of piperidine rings is 1. The number of hydrogen-bond donors (Lipinski definition) is 1. The number of aryl methyl sites for hydroxylation is 1. The van der Waals surface area contributed by atoms with Crippen LogP contribution >= 0.6 is 0 Å². The maximum absolute atomic E-state index is 12.4. The fraction of sp³-hybridized carbons (Fsp3) is 0.588. The van der Waals surface area contributed by atoms with Crippen LogP contribution in [0.3, 0.4) is 0 Å². The lowest BCUT2D eigenvalue weighted by Crippen LogP contribution is -2.48. The lowest BCUT2D eigenvalue weighted by atomic mass is 9.92. The molecule has 4 heteroatoms. The lowest BCUT2D eigenvalue weighted by Gasteiger charge is -2.37. The van der Waals surface area contributed by atoms with Gasteiger partial charge in [0.05, 0.1) is 13.0 Å². The van der Waals surface area contributed by atoms with Gasteiger partial charge in [-0.15, -0.1) is 0 Å². The Balaban J connectivity index is 1.50. The smallest absolute Gasteiger partial charge is 0.226 e. The molecule has 0 aliphatic carbocycles. The van der Waals surface area contributed by atoms with Gasteiger partial charge in [-0.05, 0) is 43.4 Å². The van der Waals surface area contributed by atoms with Crippen LogP contribution in [-0.4, -0.2) is 43.1 Å². The summed E-state index contributed by atoms with van der Waals surface area (Å²) in [6, 6.07) is 8.37. The number of likely N-dealkylation sites (tertiary alicyclic amines) is 1. The molecule has 3 rings (SSSR count). The number of hydrogen-bond acceptors (Lipinski definition) is 3. The molecule has 2 aliphatic heterocycles. The molecule has 1 N–H and O–H groups in total. The predicted octanol–water partition coefficient (Wildman–Crippen LogP) is 1.97. The molecule has 2 atom stereocenters. The van der Waals surface area contributed by atoms with E-state index in [1.165, 1.54) is 12.0 Å². The van der Waals surface area contributed by atoms with Gasteiger partial charge in [-0.3, -0.25) is 4.79 Å². The van der Waals surface area contributed by atoms with E-state index in [1.807, 2.05) is 31.2 Å². The number of nitrogens with one attached hydrogen (secondary N) is 1. The zero-order valence-corrected chi connectivity index (χ0v) is 12.7. The van der Waals surface area contributed by atoms with Gasteiger partial charge in [0, 0.05) is 25.7 Å². The van der Waals surface area contributed by atoms with Crippen molar-refractivity contribution in [1.82, 2.24) is 10.2 Å². The molecule has 2 unspecified atom stereocenters. The summed E-state index contributed by atoms with van der Waals surface area (Å²) in [5.41, 5.74) is 1.18. The third-order valence-electron chi connectivity index (χ3n) is 4.57. The van der Waals surface area contributed by atoms with Crippen molar-refractivity contribution in [2.24, 2.45) is 5.92 Å². The van der Waals surface area contributed by atoms with E-state index in [-0.39, 0.29) is 5.91 Å². The first-order chi connectivity index (χ1) is 10.2. The average Bonchev–Trinajstić information content (AvgIpc) is 2.95. The first kappa shape index (κ1) is 14.4. The van der Waals surface area contributed by atoms with Crippen LogP contribution in [0.4, 0.5) is 0 Å². The highest BCUT2D eigenvalue weighted by molar-refractivity contribution is 5.77. The number of benzene rings is 1. The van der Waals surface area contributed by atoms with Crippen LogP contribution < -0.4 is 10.1 Å². The van der Waals surface area contributed by atoms with Crippen molar-refractivity contribution < 1.29 is 9.53 Å². The second-order valence-electron chi connectivity index (χ2n) is 6.13. The first-order valence-electron chi connectivity index (χ1n) is 7.94. The van der Waals surface area contributed by atoms with Gasteiger partial charge >= 0.3 is 0 Å². The van der Waals surface area contributed by atoms with E-state index in [4.69, 9.17) is 4.74 Å². The van der Waals surface area contributed by atoms with E-state index < -0.39 is 0 Å². The molecule has 1 aromatic rings. The highest BCUT2D eigenvalue weighted by Gasteiger charge is 2.36. The maximum atomic E-state index is 12.4. The van der Waals surface area contributed by atoms with Crippen LogP contribution in [0.25, 0.3) is 0 Å². The molecule has 0 radical (unpaired) electrons. The summed E-state index contributed by atoms with van der Waals surface area (Å²) in [6.07, 6.45) is 2.85. The molecular formula is C17H24N2O2. The largest absolute Gasteiger partial charge is 0.493 e. The molecule has 2 heterocycles. The van der Waals surface area contributed by atoms with Crippen LogP contribution in [0, 0.1) is 12.8 Å². The van der Waals surface area contributed by atoms with Gasteiger partial charge < -0.3 is 15.0 Å². The Bertz CT molecular complexity index is 503. The summed E-state index contributed by atoms with van der Waals surface area (Å²) in [5, 5.41) is 3.41. The quantitative estimate of drug-likeness (QED) is 0.921. The van der Waals surface area contributed by atoms with Crippen LogP contribution in [0.2, 0.25) is 0 Å². The van der Waals surface area contributed by atoms with E-state index in [9.17, 15) is 4.79 Å². The normalized spacial score (nSPS) is 24.7. The Labute approximate surface area is 126 Å². The van der Waals surface area contributed by atoms with Crippen LogP contribution in [0.1, 0.15) is 24.8 Å². The summed E-state index contributed by atoms with van der Waals surface area (Å²) < 4.78 is 5.70.